The van der Waals surface area contributed by atoms with Crippen LogP contribution in [0.5, 0.6) is 0 Å². The zero-order valence-electron chi connectivity index (χ0n) is 18.6. The van der Waals surface area contributed by atoms with E-state index in [4.69, 9.17) is 4.98 Å². The van der Waals surface area contributed by atoms with Crippen molar-refractivity contribution in [1.82, 2.24) is 9.55 Å². The Kier molecular flexibility index (Phi) is 6.63. The SMILES string of the molecule is CCCc1sc2nc(SCc3ccc(C)cc3)n(-c3ccc(CC)cc3)c(=O)c2c1C. The average molecular weight is 449 g/mol. The number of rotatable bonds is 7. The molecule has 160 valence electrons. The molecule has 0 aliphatic heterocycles. The molecule has 0 spiro atoms. The van der Waals surface area contributed by atoms with Gasteiger partial charge in [0.15, 0.2) is 5.16 Å². The van der Waals surface area contributed by atoms with Gasteiger partial charge in [-0.2, -0.15) is 0 Å². The van der Waals surface area contributed by atoms with Crippen molar-refractivity contribution >= 4 is 33.3 Å². The number of hydrogen-bond acceptors (Lipinski definition) is 4. The third-order valence-corrected chi connectivity index (χ3v) is 7.86. The fourth-order valence-electron chi connectivity index (χ4n) is 3.71. The zero-order chi connectivity index (χ0) is 22.0. The topological polar surface area (TPSA) is 34.9 Å². The lowest BCUT2D eigenvalue weighted by molar-refractivity contribution is 0.821. The Labute approximate surface area is 192 Å². The largest absolute Gasteiger partial charge is 0.268 e. The highest BCUT2D eigenvalue weighted by molar-refractivity contribution is 7.98. The second-order valence-electron chi connectivity index (χ2n) is 7.91. The van der Waals surface area contributed by atoms with Gasteiger partial charge in [0.25, 0.3) is 5.56 Å². The van der Waals surface area contributed by atoms with Crippen LogP contribution in [0.25, 0.3) is 15.9 Å². The van der Waals surface area contributed by atoms with Gasteiger partial charge in [-0.15, -0.1) is 11.3 Å². The molecule has 0 N–H and O–H groups in total. The van der Waals surface area contributed by atoms with E-state index in [-0.39, 0.29) is 5.56 Å². The second-order valence-corrected chi connectivity index (χ2v) is 9.94. The van der Waals surface area contributed by atoms with E-state index >= 15 is 0 Å². The van der Waals surface area contributed by atoms with E-state index in [1.165, 1.54) is 21.6 Å². The number of thioether (sulfide) groups is 1. The van der Waals surface area contributed by atoms with Gasteiger partial charge >= 0.3 is 0 Å². The van der Waals surface area contributed by atoms with Gasteiger partial charge < -0.3 is 0 Å². The van der Waals surface area contributed by atoms with Crippen LogP contribution in [0.2, 0.25) is 0 Å². The summed E-state index contributed by atoms with van der Waals surface area (Å²) in [5, 5.41) is 1.53. The van der Waals surface area contributed by atoms with E-state index in [1.54, 1.807) is 27.7 Å². The molecule has 0 bridgehead atoms. The van der Waals surface area contributed by atoms with Gasteiger partial charge in [0, 0.05) is 10.6 Å². The van der Waals surface area contributed by atoms with Gasteiger partial charge in [-0.3, -0.25) is 9.36 Å². The Morgan fingerprint density at radius 1 is 0.968 bits per heavy atom. The fraction of sp³-hybridized carbons (Fsp3) is 0.308. The standard InChI is InChI=1S/C26H28N2OS2/c1-5-7-22-18(4)23-24(31-22)27-26(30-16-20-10-8-17(3)9-11-20)28(25(23)29)21-14-12-19(6-2)13-15-21/h8-15H,5-7,16H2,1-4H3. The molecule has 3 nitrogen and oxygen atoms in total. The molecule has 4 aromatic rings. The van der Waals surface area contributed by atoms with Crippen molar-refractivity contribution in [2.24, 2.45) is 0 Å². The first-order chi connectivity index (χ1) is 15.0. The molecule has 31 heavy (non-hydrogen) atoms. The maximum Gasteiger partial charge on any atom is 0.267 e. The zero-order valence-corrected chi connectivity index (χ0v) is 20.2. The van der Waals surface area contributed by atoms with Crippen LogP contribution in [0, 0.1) is 13.8 Å². The number of nitrogens with zero attached hydrogens (tertiary/aromatic N) is 2. The lowest BCUT2D eigenvalue weighted by Gasteiger charge is -2.13. The molecule has 0 aliphatic rings. The molecule has 0 saturated carbocycles. The van der Waals surface area contributed by atoms with Crippen LogP contribution < -0.4 is 5.56 Å². The third-order valence-electron chi connectivity index (χ3n) is 5.60. The Bertz CT molecular complexity index is 1250. The van der Waals surface area contributed by atoms with Gasteiger partial charge in [-0.05, 0) is 55.5 Å². The van der Waals surface area contributed by atoms with Crippen molar-refractivity contribution in [2.75, 3.05) is 0 Å². The van der Waals surface area contributed by atoms with Gasteiger partial charge in [0.2, 0.25) is 0 Å². The minimum atomic E-state index is 0.0387. The van der Waals surface area contributed by atoms with E-state index < -0.39 is 0 Å². The highest BCUT2D eigenvalue weighted by Gasteiger charge is 2.19. The van der Waals surface area contributed by atoms with Crippen LogP contribution in [0.1, 0.15) is 47.4 Å². The van der Waals surface area contributed by atoms with Crippen LogP contribution in [-0.2, 0) is 18.6 Å². The van der Waals surface area contributed by atoms with E-state index in [2.05, 4.69) is 64.1 Å². The molecular formula is C26H28N2OS2. The van der Waals surface area contributed by atoms with E-state index in [0.29, 0.717) is 0 Å². The van der Waals surface area contributed by atoms with Crippen LogP contribution in [-0.4, -0.2) is 9.55 Å². The summed E-state index contributed by atoms with van der Waals surface area (Å²) in [5.41, 5.74) is 5.75. The molecule has 0 fully saturated rings. The number of fused-ring (bicyclic) bond motifs is 1. The molecule has 0 aliphatic carbocycles. The van der Waals surface area contributed by atoms with Crippen molar-refractivity contribution in [3.63, 3.8) is 0 Å². The highest BCUT2D eigenvalue weighted by Crippen LogP contribution is 2.32. The number of benzene rings is 2. The molecule has 0 saturated heterocycles. The average Bonchev–Trinajstić information content (AvgIpc) is 3.09. The molecule has 4 rings (SSSR count). The number of aryl methyl sites for hydroxylation is 4. The molecule has 0 unspecified atom stereocenters. The Balaban J connectivity index is 1.84. The first kappa shape index (κ1) is 21.8. The predicted octanol–water partition coefficient (Wildman–Crippen LogP) is 6.87. The van der Waals surface area contributed by atoms with Crippen molar-refractivity contribution in [3.8, 4) is 5.69 Å². The third kappa shape index (κ3) is 4.48. The smallest absolute Gasteiger partial charge is 0.267 e. The maximum absolute atomic E-state index is 13.7. The molecule has 0 amide bonds. The molecular weight excluding hydrogens is 420 g/mol. The van der Waals surface area contributed by atoms with Crippen LogP contribution in [0.4, 0.5) is 0 Å². The minimum Gasteiger partial charge on any atom is -0.268 e. The summed E-state index contributed by atoms with van der Waals surface area (Å²) >= 11 is 3.30. The molecule has 5 heteroatoms. The predicted molar refractivity (Wildman–Crippen MR) is 134 cm³/mol. The van der Waals surface area contributed by atoms with Gasteiger partial charge in [0.05, 0.1) is 11.1 Å². The molecule has 2 aromatic carbocycles. The summed E-state index contributed by atoms with van der Waals surface area (Å²) in [6.45, 7) is 8.48. The minimum absolute atomic E-state index is 0.0387. The fourth-order valence-corrected chi connectivity index (χ4v) is 6.00. The first-order valence-corrected chi connectivity index (χ1v) is 12.6. The van der Waals surface area contributed by atoms with Crippen LogP contribution in [0.15, 0.2) is 58.5 Å². The van der Waals surface area contributed by atoms with E-state index in [1.807, 2.05) is 12.1 Å². The summed E-state index contributed by atoms with van der Waals surface area (Å²) in [6, 6.07) is 16.8. The Morgan fingerprint density at radius 3 is 2.29 bits per heavy atom. The molecule has 0 radical (unpaired) electrons. The maximum atomic E-state index is 13.7. The van der Waals surface area contributed by atoms with Crippen molar-refractivity contribution in [3.05, 3.63) is 86.0 Å². The summed E-state index contributed by atoms with van der Waals surface area (Å²) in [6.07, 6.45) is 3.03. The second kappa shape index (κ2) is 9.41. The summed E-state index contributed by atoms with van der Waals surface area (Å²) in [7, 11) is 0. The van der Waals surface area contributed by atoms with Crippen LogP contribution in [0.3, 0.4) is 0 Å². The van der Waals surface area contributed by atoms with Crippen molar-refractivity contribution in [2.45, 2.75) is 57.9 Å². The molecule has 2 aromatic heterocycles. The number of thiophene rings is 1. The lowest BCUT2D eigenvalue weighted by Crippen LogP contribution is -2.21. The summed E-state index contributed by atoms with van der Waals surface area (Å²) < 4.78 is 1.80. The Morgan fingerprint density at radius 2 is 1.65 bits per heavy atom. The van der Waals surface area contributed by atoms with E-state index in [0.717, 1.165) is 51.6 Å². The first-order valence-electron chi connectivity index (χ1n) is 10.8. The quantitative estimate of drug-likeness (QED) is 0.228. The van der Waals surface area contributed by atoms with Gasteiger partial charge in [0.1, 0.15) is 4.83 Å². The summed E-state index contributed by atoms with van der Waals surface area (Å²) in [5.74, 6) is 0.775. The lowest BCUT2D eigenvalue weighted by atomic mass is 10.1. The van der Waals surface area contributed by atoms with Crippen molar-refractivity contribution in [1.29, 1.82) is 0 Å². The Hall–Kier alpha value is -2.37. The van der Waals surface area contributed by atoms with Gasteiger partial charge in [-0.25, -0.2) is 4.98 Å². The van der Waals surface area contributed by atoms with Crippen molar-refractivity contribution < 1.29 is 0 Å². The highest BCUT2D eigenvalue weighted by atomic mass is 32.2. The normalized spacial score (nSPS) is 11.4. The van der Waals surface area contributed by atoms with Crippen LogP contribution >= 0.6 is 23.1 Å². The molecule has 2 heterocycles. The van der Waals surface area contributed by atoms with Gasteiger partial charge in [-0.1, -0.05) is 74.0 Å². The summed E-state index contributed by atoms with van der Waals surface area (Å²) in [4.78, 5) is 20.8. The molecule has 0 atom stereocenters. The number of aromatic nitrogens is 2. The van der Waals surface area contributed by atoms with E-state index in [9.17, 15) is 4.79 Å². The number of hydrogen-bond donors (Lipinski definition) is 0. The monoisotopic (exact) mass is 448 g/mol.